The molecule has 0 heterocycles. The number of rotatable bonds is 7. The predicted octanol–water partition coefficient (Wildman–Crippen LogP) is 2.43. The van der Waals surface area contributed by atoms with E-state index in [-0.39, 0.29) is 23.9 Å². The second-order valence-electron chi connectivity index (χ2n) is 4.52. The number of hydrogen-bond donors (Lipinski definition) is 0. The molecule has 0 bridgehead atoms. The highest BCUT2D eigenvalue weighted by Gasteiger charge is 2.22. The molecule has 0 saturated carbocycles. The predicted molar refractivity (Wildman–Crippen MR) is 89.4 cm³/mol. The third-order valence-corrected chi connectivity index (χ3v) is 4.80. The highest BCUT2D eigenvalue weighted by Crippen LogP contribution is 2.16. The van der Waals surface area contributed by atoms with Crippen LogP contribution < -0.4 is 0 Å². The zero-order valence-corrected chi connectivity index (χ0v) is 14.3. The number of aryl methyl sites for hydroxylation is 1. The lowest BCUT2D eigenvalue weighted by Gasteiger charge is -2.18. The molecular weight excluding hydrogens is 322 g/mol. The van der Waals surface area contributed by atoms with Gasteiger partial charge in [-0.2, -0.15) is 4.31 Å². The molecule has 1 aromatic carbocycles. The molecular formula is C16H20ClNO3S. The van der Waals surface area contributed by atoms with Crippen LogP contribution in [-0.2, 0) is 14.8 Å². The Bertz CT molecular complexity index is 642. The van der Waals surface area contributed by atoms with Crippen LogP contribution in [0.1, 0.15) is 5.56 Å². The average molecular weight is 342 g/mol. The SMILES string of the molecule is COC/C=C\CN(CC#CCCl)S(=O)(=O)c1ccc(C)cc1. The molecule has 6 heteroatoms. The monoisotopic (exact) mass is 341 g/mol. The fourth-order valence-electron chi connectivity index (χ4n) is 1.65. The minimum absolute atomic E-state index is 0.0975. The summed E-state index contributed by atoms with van der Waals surface area (Å²) in [6, 6.07) is 6.75. The van der Waals surface area contributed by atoms with Crippen LogP contribution in [0.2, 0.25) is 0 Å². The van der Waals surface area contributed by atoms with E-state index in [0.29, 0.717) is 6.61 Å². The Balaban J connectivity index is 2.98. The molecule has 0 aliphatic carbocycles. The van der Waals surface area contributed by atoms with E-state index < -0.39 is 10.0 Å². The van der Waals surface area contributed by atoms with Crippen molar-refractivity contribution in [3.63, 3.8) is 0 Å². The lowest BCUT2D eigenvalue weighted by atomic mass is 10.2. The van der Waals surface area contributed by atoms with Gasteiger partial charge in [0.05, 0.1) is 23.9 Å². The zero-order chi connectivity index (χ0) is 16.4. The number of sulfonamides is 1. The van der Waals surface area contributed by atoms with Crippen molar-refractivity contribution in [3.05, 3.63) is 42.0 Å². The fraction of sp³-hybridized carbons (Fsp3) is 0.375. The molecule has 0 aromatic heterocycles. The Hall–Kier alpha value is -1.32. The second kappa shape index (κ2) is 9.65. The van der Waals surface area contributed by atoms with Crippen molar-refractivity contribution in [2.24, 2.45) is 0 Å². The normalized spacial score (nSPS) is 11.6. The molecule has 1 rings (SSSR count). The molecule has 0 aliphatic rings. The molecule has 0 atom stereocenters. The van der Waals surface area contributed by atoms with Gasteiger partial charge < -0.3 is 4.74 Å². The standard InChI is InChI=1S/C16H20ClNO3S/c1-15-7-9-16(10-8-15)22(19,20)18(12-4-3-11-17)13-5-6-14-21-2/h5-10H,11-14H2,1-2H3/b6-5-. The molecule has 0 radical (unpaired) electrons. The summed E-state index contributed by atoms with van der Waals surface area (Å²) in [7, 11) is -2.01. The van der Waals surface area contributed by atoms with Crippen LogP contribution in [0.3, 0.4) is 0 Å². The Kier molecular flexibility index (Phi) is 8.21. The van der Waals surface area contributed by atoms with E-state index in [0.717, 1.165) is 5.56 Å². The molecule has 120 valence electrons. The van der Waals surface area contributed by atoms with E-state index in [1.807, 2.05) is 6.92 Å². The summed E-state index contributed by atoms with van der Waals surface area (Å²) in [6.07, 6.45) is 3.52. The fourth-order valence-corrected chi connectivity index (χ4v) is 3.04. The van der Waals surface area contributed by atoms with Crippen molar-refractivity contribution in [3.8, 4) is 11.8 Å². The molecule has 4 nitrogen and oxygen atoms in total. The van der Waals surface area contributed by atoms with Crippen molar-refractivity contribution in [1.82, 2.24) is 4.31 Å². The number of benzene rings is 1. The van der Waals surface area contributed by atoms with Gasteiger partial charge in [0.15, 0.2) is 0 Å². The Morgan fingerprint density at radius 1 is 1.23 bits per heavy atom. The van der Waals surface area contributed by atoms with Gasteiger partial charge in [-0.1, -0.05) is 41.7 Å². The van der Waals surface area contributed by atoms with Crippen LogP contribution in [0, 0.1) is 18.8 Å². The molecule has 0 N–H and O–H groups in total. The van der Waals surface area contributed by atoms with E-state index in [4.69, 9.17) is 16.3 Å². The number of ether oxygens (including phenoxy) is 1. The first-order valence-corrected chi connectivity index (χ1v) is 8.72. The molecule has 0 amide bonds. The Labute approximate surface area is 137 Å². The summed E-state index contributed by atoms with van der Waals surface area (Å²) in [5.74, 6) is 5.62. The average Bonchev–Trinajstić information content (AvgIpc) is 2.50. The number of hydrogen-bond acceptors (Lipinski definition) is 3. The summed E-state index contributed by atoms with van der Waals surface area (Å²) < 4.78 is 31.5. The number of halogens is 1. The first-order valence-electron chi connectivity index (χ1n) is 6.74. The third-order valence-electron chi connectivity index (χ3n) is 2.84. The number of methoxy groups -OCH3 is 1. The van der Waals surface area contributed by atoms with Crippen molar-refractivity contribution < 1.29 is 13.2 Å². The van der Waals surface area contributed by atoms with Crippen LogP contribution in [0.5, 0.6) is 0 Å². The van der Waals surface area contributed by atoms with Gasteiger partial charge in [0.2, 0.25) is 10.0 Å². The van der Waals surface area contributed by atoms with Crippen LogP contribution in [0.25, 0.3) is 0 Å². The maximum absolute atomic E-state index is 12.7. The maximum atomic E-state index is 12.7. The quantitative estimate of drug-likeness (QED) is 0.435. The van der Waals surface area contributed by atoms with Crippen LogP contribution in [-0.4, -0.2) is 45.4 Å². The van der Waals surface area contributed by atoms with E-state index >= 15 is 0 Å². The highest BCUT2D eigenvalue weighted by atomic mass is 35.5. The number of nitrogens with zero attached hydrogens (tertiary/aromatic N) is 1. The number of alkyl halides is 1. The van der Waals surface area contributed by atoms with Gasteiger partial charge in [0.25, 0.3) is 0 Å². The van der Waals surface area contributed by atoms with Gasteiger partial charge in [0, 0.05) is 13.7 Å². The third kappa shape index (κ3) is 5.82. The lowest BCUT2D eigenvalue weighted by Crippen LogP contribution is -2.31. The first kappa shape index (κ1) is 18.7. The minimum Gasteiger partial charge on any atom is -0.381 e. The summed E-state index contributed by atoms with van der Waals surface area (Å²) in [5.41, 5.74) is 1.01. The van der Waals surface area contributed by atoms with Crippen molar-refractivity contribution in [2.45, 2.75) is 11.8 Å². The lowest BCUT2D eigenvalue weighted by molar-refractivity contribution is 0.233. The van der Waals surface area contributed by atoms with Gasteiger partial charge >= 0.3 is 0 Å². The van der Waals surface area contributed by atoms with Crippen molar-refractivity contribution in [2.75, 3.05) is 32.7 Å². The smallest absolute Gasteiger partial charge is 0.244 e. The molecule has 0 spiro atoms. The highest BCUT2D eigenvalue weighted by molar-refractivity contribution is 7.89. The van der Waals surface area contributed by atoms with Crippen molar-refractivity contribution in [1.29, 1.82) is 0 Å². The zero-order valence-electron chi connectivity index (χ0n) is 12.8. The summed E-state index contributed by atoms with van der Waals surface area (Å²) >= 11 is 5.51. The largest absolute Gasteiger partial charge is 0.381 e. The van der Waals surface area contributed by atoms with E-state index in [1.54, 1.807) is 43.5 Å². The summed E-state index contributed by atoms with van der Waals surface area (Å²) in [5, 5.41) is 0. The topological polar surface area (TPSA) is 46.6 Å². The maximum Gasteiger partial charge on any atom is 0.244 e. The summed E-state index contributed by atoms with van der Waals surface area (Å²) in [4.78, 5) is 0.255. The van der Waals surface area contributed by atoms with Gasteiger partial charge in [-0.25, -0.2) is 8.42 Å². The molecule has 0 unspecified atom stereocenters. The molecule has 22 heavy (non-hydrogen) atoms. The molecule has 1 aromatic rings. The van der Waals surface area contributed by atoms with Gasteiger partial charge in [-0.15, -0.1) is 11.6 Å². The van der Waals surface area contributed by atoms with Crippen molar-refractivity contribution >= 4 is 21.6 Å². The van der Waals surface area contributed by atoms with E-state index in [2.05, 4.69) is 11.8 Å². The van der Waals surface area contributed by atoms with Crippen LogP contribution >= 0.6 is 11.6 Å². The van der Waals surface area contributed by atoms with Gasteiger partial charge in [-0.3, -0.25) is 0 Å². The second-order valence-corrected chi connectivity index (χ2v) is 6.73. The van der Waals surface area contributed by atoms with Gasteiger partial charge in [0.1, 0.15) is 0 Å². The minimum atomic E-state index is -3.59. The van der Waals surface area contributed by atoms with E-state index in [1.165, 1.54) is 4.31 Å². The molecule has 0 saturated heterocycles. The first-order chi connectivity index (χ1) is 10.5. The van der Waals surface area contributed by atoms with Gasteiger partial charge in [-0.05, 0) is 19.1 Å². The van der Waals surface area contributed by atoms with E-state index in [9.17, 15) is 8.42 Å². The van der Waals surface area contributed by atoms with Crippen LogP contribution in [0.4, 0.5) is 0 Å². The Morgan fingerprint density at radius 2 is 1.91 bits per heavy atom. The van der Waals surface area contributed by atoms with Crippen LogP contribution in [0.15, 0.2) is 41.3 Å². The summed E-state index contributed by atoms with van der Waals surface area (Å²) in [6.45, 7) is 2.68. The molecule has 0 fully saturated rings. The molecule has 0 aliphatic heterocycles. The Morgan fingerprint density at radius 3 is 2.50 bits per heavy atom.